The highest BCUT2D eigenvalue weighted by molar-refractivity contribution is 7.89. The normalized spacial score (nSPS) is 13.7. The number of rotatable bonds is 6. The van der Waals surface area contributed by atoms with Crippen LogP contribution < -0.4 is 4.72 Å². The molecule has 5 nitrogen and oxygen atoms in total. The van der Waals surface area contributed by atoms with Crippen LogP contribution in [0, 0.1) is 0 Å². The lowest BCUT2D eigenvalue weighted by Crippen LogP contribution is -2.38. The number of esters is 1. The molecular weight excluding hydrogens is 290 g/mol. The van der Waals surface area contributed by atoms with E-state index >= 15 is 0 Å². The average Bonchev–Trinajstić information content (AvgIpc) is 2.35. The Kier molecular flexibility index (Phi) is 5.92. The van der Waals surface area contributed by atoms with Gasteiger partial charge in [0.1, 0.15) is 11.6 Å². The fourth-order valence-corrected chi connectivity index (χ4v) is 3.01. The third-order valence-electron chi connectivity index (χ3n) is 2.55. The van der Waals surface area contributed by atoms with Gasteiger partial charge in [-0.15, -0.1) is 0 Å². The summed E-state index contributed by atoms with van der Waals surface area (Å²) in [5, 5.41) is 0. The number of nitrogens with one attached hydrogen (secondary N) is 1. The zero-order chi connectivity index (χ0) is 16.1. The molecule has 1 rings (SSSR count). The van der Waals surface area contributed by atoms with Crippen molar-refractivity contribution in [2.45, 2.75) is 45.8 Å². The molecule has 1 atom stereocenters. The summed E-state index contributed by atoms with van der Waals surface area (Å²) in [6, 6.07) is 7.67. The van der Waals surface area contributed by atoms with E-state index in [4.69, 9.17) is 4.74 Å². The van der Waals surface area contributed by atoms with Crippen molar-refractivity contribution < 1.29 is 17.9 Å². The lowest BCUT2D eigenvalue weighted by molar-refractivity contribution is -0.157. The lowest BCUT2D eigenvalue weighted by Gasteiger charge is -2.24. The van der Waals surface area contributed by atoms with Gasteiger partial charge in [0.05, 0.1) is 5.75 Å². The SMILES string of the molecule is CCCS(=O)(=O)N[C@H](C(=O)OC(C)(C)C)c1ccccc1. The van der Waals surface area contributed by atoms with E-state index in [1.165, 1.54) is 0 Å². The quantitative estimate of drug-likeness (QED) is 0.819. The van der Waals surface area contributed by atoms with Crippen LogP contribution in [-0.4, -0.2) is 25.7 Å². The van der Waals surface area contributed by atoms with Gasteiger partial charge in [0.25, 0.3) is 0 Å². The summed E-state index contributed by atoms with van der Waals surface area (Å²) in [6.07, 6.45) is 0.477. The van der Waals surface area contributed by atoms with Gasteiger partial charge >= 0.3 is 5.97 Å². The van der Waals surface area contributed by atoms with Gasteiger partial charge in [-0.05, 0) is 32.8 Å². The summed E-state index contributed by atoms with van der Waals surface area (Å²) < 4.78 is 31.7. The van der Waals surface area contributed by atoms with Gasteiger partial charge < -0.3 is 4.74 Å². The van der Waals surface area contributed by atoms with Crippen molar-refractivity contribution in [2.75, 3.05) is 5.75 Å². The van der Waals surface area contributed by atoms with E-state index in [2.05, 4.69) is 4.72 Å². The third-order valence-corrected chi connectivity index (χ3v) is 4.09. The smallest absolute Gasteiger partial charge is 0.329 e. The molecule has 0 amide bonds. The first-order chi connectivity index (χ1) is 9.64. The standard InChI is InChI=1S/C15H23NO4S/c1-5-11-21(18,19)16-13(12-9-7-6-8-10-12)14(17)20-15(2,3)4/h6-10,13,16H,5,11H2,1-4H3/t13-/m0/s1. The summed E-state index contributed by atoms with van der Waals surface area (Å²) in [5.74, 6) is -0.632. The minimum Gasteiger partial charge on any atom is -0.459 e. The van der Waals surface area contributed by atoms with Gasteiger partial charge in [0, 0.05) is 0 Å². The van der Waals surface area contributed by atoms with Crippen molar-refractivity contribution >= 4 is 16.0 Å². The van der Waals surface area contributed by atoms with Crippen molar-refractivity contribution in [2.24, 2.45) is 0 Å². The summed E-state index contributed by atoms with van der Waals surface area (Å²) in [7, 11) is -3.53. The van der Waals surface area contributed by atoms with Gasteiger partial charge in [-0.1, -0.05) is 37.3 Å². The lowest BCUT2D eigenvalue weighted by atomic mass is 10.1. The fraction of sp³-hybridized carbons (Fsp3) is 0.533. The van der Waals surface area contributed by atoms with E-state index in [0.717, 1.165) is 0 Å². The van der Waals surface area contributed by atoms with Crippen molar-refractivity contribution in [1.82, 2.24) is 4.72 Å². The summed E-state index contributed by atoms with van der Waals surface area (Å²) in [4.78, 5) is 12.3. The van der Waals surface area contributed by atoms with E-state index < -0.39 is 27.6 Å². The minimum absolute atomic E-state index is 0.0286. The van der Waals surface area contributed by atoms with Crippen molar-refractivity contribution in [3.63, 3.8) is 0 Å². The molecule has 1 aromatic carbocycles. The fourth-order valence-electron chi connectivity index (χ4n) is 1.77. The number of benzene rings is 1. The monoisotopic (exact) mass is 313 g/mol. The molecule has 0 aliphatic carbocycles. The molecule has 0 radical (unpaired) electrons. The van der Waals surface area contributed by atoms with Crippen LogP contribution in [0.1, 0.15) is 45.7 Å². The minimum atomic E-state index is -3.53. The maximum absolute atomic E-state index is 12.3. The Bertz CT molecular complexity index is 561. The molecule has 0 spiro atoms. The van der Waals surface area contributed by atoms with Crippen LogP contribution in [0.2, 0.25) is 0 Å². The number of hydrogen-bond donors (Lipinski definition) is 1. The Balaban J connectivity index is 3.04. The molecule has 0 saturated heterocycles. The van der Waals surface area contributed by atoms with Crippen molar-refractivity contribution in [1.29, 1.82) is 0 Å². The zero-order valence-electron chi connectivity index (χ0n) is 12.9. The molecule has 0 bridgehead atoms. The molecule has 21 heavy (non-hydrogen) atoms. The molecule has 0 aromatic heterocycles. The molecule has 0 heterocycles. The molecule has 0 aliphatic heterocycles. The molecule has 118 valence electrons. The van der Waals surface area contributed by atoms with Crippen molar-refractivity contribution in [3.05, 3.63) is 35.9 Å². The third kappa shape index (κ3) is 6.27. The molecule has 0 saturated carbocycles. The highest BCUT2D eigenvalue weighted by Crippen LogP contribution is 2.19. The van der Waals surface area contributed by atoms with Gasteiger partial charge in [0.15, 0.2) is 0 Å². The Hall–Kier alpha value is -1.40. The number of hydrogen-bond acceptors (Lipinski definition) is 4. The highest BCUT2D eigenvalue weighted by atomic mass is 32.2. The average molecular weight is 313 g/mol. The number of ether oxygens (including phenoxy) is 1. The Morgan fingerprint density at radius 3 is 2.29 bits per heavy atom. The molecule has 0 aliphatic rings. The van der Waals surface area contributed by atoms with Gasteiger partial charge in [0.2, 0.25) is 10.0 Å². The van der Waals surface area contributed by atoms with E-state index in [1.54, 1.807) is 58.0 Å². The molecule has 0 unspecified atom stereocenters. The Morgan fingerprint density at radius 2 is 1.81 bits per heavy atom. The number of sulfonamides is 1. The van der Waals surface area contributed by atoms with Crippen LogP contribution >= 0.6 is 0 Å². The second kappa shape index (κ2) is 7.04. The maximum Gasteiger partial charge on any atom is 0.329 e. The highest BCUT2D eigenvalue weighted by Gasteiger charge is 2.29. The molecular formula is C15H23NO4S. The first-order valence-corrected chi connectivity index (χ1v) is 8.57. The van der Waals surface area contributed by atoms with Gasteiger partial charge in [-0.3, -0.25) is 0 Å². The van der Waals surface area contributed by atoms with Crippen LogP contribution in [0.4, 0.5) is 0 Å². The van der Waals surface area contributed by atoms with E-state index in [9.17, 15) is 13.2 Å². The number of carbonyl (C=O) groups is 1. The predicted octanol–water partition coefficient (Wildman–Crippen LogP) is 2.40. The molecule has 1 aromatic rings. The largest absolute Gasteiger partial charge is 0.459 e. The first kappa shape index (κ1) is 17.7. The molecule has 0 fully saturated rings. The topological polar surface area (TPSA) is 72.5 Å². The maximum atomic E-state index is 12.3. The van der Waals surface area contributed by atoms with Crippen LogP contribution in [0.15, 0.2) is 30.3 Å². The summed E-state index contributed by atoms with van der Waals surface area (Å²) in [6.45, 7) is 7.00. The zero-order valence-corrected chi connectivity index (χ0v) is 13.7. The van der Waals surface area contributed by atoms with Crippen LogP contribution in [-0.2, 0) is 19.6 Å². The summed E-state index contributed by atoms with van der Waals surface area (Å²) in [5.41, 5.74) is -0.119. The first-order valence-electron chi connectivity index (χ1n) is 6.92. The second-order valence-electron chi connectivity index (χ2n) is 5.81. The number of carbonyl (C=O) groups excluding carboxylic acids is 1. The van der Waals surface area contributed by atoms with E-state index in [-0.39, 0.29) is 5.75 Å². The molecule has 6 heteroatoms. The van der Waals surface area contributed by atoms with Gasteiger partial charge in [-0.2, -0.15) is 4.72 Å². The van der Waals surface area contributed by atoms with Crippen LogP contribution in [0.25, 0.3) is 0 Å². The predicted molar refractivity (Wildman–Crippen MR) is 82.2 cm³/mol. The molecule has 1 N–H and O–H groups in total. The van der Waals surface area contributed by atoms with E-state index in [0.29, 0.717) is 12.0 Å². The van der Waals surface area contributed by atoms with Crippen LogP contribution in [0.5, 0.6) is 0 Å². The second-order valence-corrected chi connectivity index (χ2v) is 7.69. The van der Waals surface area contributed by atoms with Gasteiger partial charge in [-0.25, -0.2) is 13.2 Å². The van der Waals surface area contributed by atoms with Crippen molar-refractivity contribution in [3.8, 4) is 0 Å². The Labute approximate surface area is 126 Å². The van der Waals surface area contributed by atoms with Crippen LogP contribution in [0.3, 0.4) is 0 Å². The Morgan fingerprint density at radius 1 is 1.24 bits per heavy atom. The summed E-state index contributed by atoms with van der Waals surface area (Å²) >= 11 is 0. The van der Waals surface area contributed by atoms with E-state index in [1.807, 2.05) is 0 Å².